The zero-order valence-corrected chi connectivity index (χ0v) is 7.08. The highest BCUT2D eigenvalue weighted by atomic mass is 35.5. The van der Waals surface area contributed by atoms with Crippen molar-refractivity contribution in [2.45, 2.75) is 6.92 Å². The van der Waals surface area contributed by atoms with E-state index in [4.69, 9.17) is 11.6 Å². The van der Waals surface area contributed by atoms with Crippen molar-refractivity contribution in [1.82, 2.24) is 20.2 Å². The maximum Gasteiger partial charge on any atom is 0.186 e. The van der Waals surface area contributed by atoms with Crippen molar-refractivity contribution in [2.75, 3.05) is 0 Å². The maximum absolute atomic E-state index is 5.81. The first-order chi connectivity index (χ1) is 5.77. The van der Waals surface area contributed by atoms with Crippen molar-refractivity contribution in [3.63, 3.8) is 0 Å². The molecule has 2 aromatic rings. The van der Waals surface area contributed by atoms with Crippen LogP contribution in [0.3, 0.4) is 0 Å². The minimum Gasteiger partial charge on any atom is -0.224 e. The Hall–Kier alpha value is -1.29. The average molecular weight is 181 g/mol. The van der Waals surface area contributed by atoms with Crippen molar-refractivity contribution >= 4 is 22.6 Å². The Morgan fingerprint density at radius 2 is 2.08 bits per heavy atom. The lowest BCUT2D eigenvalue weighted by atomic mass is 10.3. The summed E-state index contributed by atoms with van der Waals surface area (Å²) in [7, 11) is 0. The molecule has 0 fully saturated rings. The van der Waals surface area contributed by atoms with Gasteiger partial charge in [0, 0.05) is 0 Å². The van der Waals surface area contributed by atoms with Crippen LogP contribution in [-0.2, 0) is 0 Å². The van der Waals surface area contributed by atoms with Gasteiger partial charge in [0.25, 0.3) is 0 Å². The first-order valence-electron chi connectivity index (χ1n) is 3.38. The van der Waals surface area contributed by atoms with E-state index < -0.39 is 0 Å². The third-order valence-electron chi connectivity index (χ3n) is 1.47. The molecule has 0 amide bonds. The number of nitrogens with zero attached hydrogens (tertiary/aromatic N) is 4. The Morgan fingerprint density at radius 3 is 2.92 bits per heavy atom. The molecule has 5 heteroatoms. The molecule has 12 heavy (non-hydrogen) atoms. The van der Waals surface area contributed by atoms with Gasteiger partial charge in [-0.2, -0.15) is 5.10 Å². The van der Waals surface area contributed by atoms with Gasteiger partial charge >= 0.3 is 0 Å². The molecule has 2 rings (SSSR count). The number of halogens is 1. The lowest BCUT2D eigenvalue weighted by molar-refractivity contribution is 0.992. The molecule has 2 heterocycles. The molecular weight excluding hydrogens is 176 g/mol. The van der Waals surface area contributed by atoms with Crippen molar-refractivity contribution < 1.29 is 0 Å². The van der Waals surface area contributed by atoms with Crippen LogP contribution >= 0.6 is 11.6 Å². The summed E-state index contributed by atoms with van der Waals surface area (Å²) in [5.74, 6) is 0. The van der Waals surface area contributed by atoms with Crippen LogP contribution in [0.1, 0.15) is 5.69 Å². The fraction of sp³-hybridized carbons (Fsp3) is 0.143. The third kappa shape index (κ3) is 1.10. The number of hydrogen-bond donors (Lipinski definition) is 0. The van der Waals surface area contributed by atoms with Gasteiger partial charge in [-0.15, -0.1) is 5.10 Å². The number of aryl methyl sites for hydroxylation is 1. The van der Waals surface area contributed by atoms with Crippen LogP contribution < -0.4 is 0 Å². The van der Waals surface area contributed by atoms with Gasteiger partial charge in [0.1, 0.15) is 11.5 Å². The van der Waals surface area contributed by atoms with Gasteiger partial charge in [0.2, 0.25) is 0 Å². The van der Waals surface area contributed by atoms with Gasteiger partial charge in [-0.25, -0.2) is 9.97 Å². The number of aromatic nitrogens is 4. The van der Waals surface area contributed by atoms with Gasteiger partial charge in [-0.3, -0.25) is 0 Å². The van der Waals surface area contributed by atoms with Gasteiger partial charge in [-0.1, -0.05) is 11.6 Å². The molecule has 0 spiro atoms. The molecule has 0 aliphatic carbocycles. The largest absolute Gasteiger partial charge is 0.224 e. The highest BCUT2D eigenvalue weighted by molar-refractivity contribution is 6.33. The Kier molecular flexibility index (Phi) is 1.62. The number of fused-ring (bicyclic) bond motifs is 1. The van der Waals surface area contributed by atoms with Crippen LogP contribution in [0.25, 0.3) is 11.0 Å². The molecule has 0 N–H and O–H groups in total. The van der Waals surface area contributed by atoms with Crippen LogP contribution in [0.15, 0.2) is 12.4 Å². The summed E-state index contributed by atoms with van der Waals surface area (Å²) in [5.41, 5.74) is 1.33. The standard InChI is InChI=1S/C7H5ClN4/c1-4-2-5-6(8)9-3-10-7(5)12-11-4/h2-3H,1H3. The second kappa shape index (κ2) is 2.64. The van der Waals surface area contributed by atoms with Crippen molar-refractivity contribution in [3.8, 4) is 0 Å². The molecule has 0 unspecified atom stereocenters. The summed E-state index contributed by atoms with van der Waals surface area (Å²) in [5, 5.41) is 8.86. The molecule has 4 nitrogen and oxygen atoms in total. The van der Waals surface area contributed by atoms with Crippen LogP contribution in [0.2, 0.25) is 5.15 Å². The second-order valence-electron chi connectivity index (χ2n) is 2.39. The van der Waals surface area contributed by atoms with Crippen LogP contribution in [0.5, 0.6) is 0 Å². The quantitative estimate of drug-likeness (QED) is 0.575. The predicted octanol–water partition coefficient (Wildman–Crippen LogP) is 1.38. The fourth-order valence-electron chi connectivity index (χ4n) is 0.933. The van der Waals surface area contributed by atoms with Gasteiger partial charge < -0.3 is 0 Å². The van der Waals surface area contributed by atoms with E-state index in [9.17, 15) is 0 Å². The van der Waals surface area contributed by atoms with E-state index >= 15 is 0 Å². The minimum absolute atomic E-state index is 0.415. The normalized spacial score (nSPS) is 10.5. The van der Waals surface area contributed by atoms with E-state index in [0.29, 0.717) is 10.8 Å². The first kappa shape index (κ1) is 7.36. The molecule has 0 aromatic carbocycles. The lowest BCUT2D eigenvalue weighted by Crippen LogP contribution is -1.91. The highest BCUT2D eigenvalue weighted by Gasteiger charge is 2.01. The van der Waals surface area contributed by atoms with E-state index in [0.717, 1.165) is 11.1 Å². The van der Waals surface area contributed by atoms with Crippen LogP contribution in [0, 0.1) is 6.92 Å². The smallest absolute Gasteiger partial charge is 0.186 e. The summed E-state index contributed by atoms with van der Waals surface area (Å²) >= 11 is 5.81. The van der Waals surface area contributed by atoms with Gasteiger partial charge in [0.15, 0.2) is 5.65 Å². The fourth-order valence-corrected chi connectivity index (χ4v) is 1.12. The maximum atomic E-state index is 5.81. The van der Waals surface area contributed by atoms with E-state index in [2.05, 4.69) is 20.2 Å². The van der Waals surface area contributed by atoms with Gasteiger partial charge in [0.05, 0.1) is 11.1 Å². The number of rotatable bonds is 0. The highest BCUT2D eigenvalue weighted by Crippen LogP contribution is 2.16. The molecule has 0 aliphatic heterocycles. The molecule has 0 radical (unpaired) electrons. The summed E-state index contributed by atoms with van der Waals surface area (Å²) < 4.78 is 0. The average Bonchev–Trinajstić information content (AvgIpc) is 2.07. The molecular formula is C7H5ClN4. The van der Waals surface area contributed by atoms with Crippen LogP contribution in [-0.4, -0.2) is 20.2 Å². The minimum atomic E-state index is 0.415. The predicted molar refractivity (Wildman–Crippen MR) is 44.9 cm³/mol. The molecule has 0 saturated carbocycles. The Morgan fingerprint density at radius 1 is 1.25 bits per heavy atom. The van der Waals surface area contributed by atoms with Crippen molar-refractivity contribution in [2.24, 2.45) is 0 Å². The molecule has 0 saturated heterocycles. The van der Waals surface area contributed by atoms with E-state index in [1.807, 2.05) is 13.0 Å². The number of hydrogen-bond acceptors (Lipinski definition) is 4. The van der Waals surface area contributed by atoms with Crippen LogP contribution in [0.4, 0.5) is 0 Å². The molecule has 0 bridgehead atoms. The molecule has 0 atom stereocenters. The second-order valence-corrected chi connectivity index (χ2v) is 2.75. The topological polar surface area (TPSA) is 51.6 Å². The van der Waals surface area contributed by atoms with E-state index in [-0.39, 0.29) is 0 Å². The molecule has 2 aromatic heterocycles. The Labute approximate surface area is 73.6 Å². The summed E-state index contributed by atoms with van der Waals surface area (Å²) in [4.78, 5) is 7.75. The first-order valence-corrected chi connectivity index (χ1v) is 3.76. The Bertz CT molecular complexity index is 429. The van der Waals surface area contributed by atoms with E-state index in [1.54, 1.807) is 0 Å². The van der Waals surface area contributed by atoms with E-state index in [1.165, 1.54) is 6.33 Å². The zero-order valence-electron chi connectivity index (χ0n) is 6.32. The SMILES string of the molecule is Cc1cc2c(Cl)ncnc2nn1. The Balaban J connectivity index is 2.88. The van der Waals surface area contributed by atoms with Crippen molar-refractivity contribution in [3.05, 3.63) is 23.2 Å². The summed E-state index contributed by atoms with van der Waals surface area (Å²) in [6.07, 6.45) is 1.37. The zero-order chi connectivity index (χ0) is 8.55. The lowest BCUT2D eigenvalue weighted by Gasteiger charge is -1.96. The molecule has 60 valence electrons. The summed E-state index contributed by atoms with van der Waals surface area (Å²) in [6, 6.07) is 1.81. The monoisotopic (exact) mass is 180 g/mol. The van der Waals surface area contributed by atoms with Gasteiger partial charge in [-0.05, 0) is 13.0 Å². The summed E-state index contributed by atoms with van der Waals surface area (Å²) in [6.45, 7) is 1.84. The third-order valence-corrected chi connectivity index (χ3v) is 1.77. The van der Waals surface area contributed by atoms with Crippen molar-refractivity contribution in [1.29, 1.82) is 0 Å². The molecule has 0 aliphatic rings.